The van der Waals surface area contributed by atoms with Crippen molar-refractivity contribution in [3.63, 3.8) is 0 Å². The van der Waals surface area contributed by atoms with Gasteiger partial charge in [-0.1, -0.05) is 30.3 Å². The minimum absolute atomic E-state index is 0.137. The average Bonchev–Trinajstić information content (AvgIpc) is 3.23. The number of piperidine rings is 1. The quantitative estimate of drug-likeness (QED) is 0.655. The Labute approximate surface area is 167 Å². The highest BCUT2D eigenvalue weighted by atomic mass is 16.2. The summed E-state index contributed by atoms with van der Waals surface area (Å²) in [5.74, 6) is -2.84. The van der Waals surface area contributed by atoms with Crippen LogP contribution in [0.5, 0.6) is 0 Å². The Bertz CT molecular complexity index is 996. The fourth-order valence-corrected chi connectivity index (χ4v) is 3.47. The van der Waals surface area contributed by atoms with Crippen molar-refractivity contribution >= 4 is 23.3 Å². The summed E-state index contributed by atoms with van der Waals surface area (Å²) in [5.41, 5.74) is 2.44. The van der Waals surface area contributed by atoms with Gasteiger partial charge in [0.1, 0.15) is 0 Å². The van der Waals surface area contributed by atoms with Gasteiger partial charge in [-0.05, 0) is 36.2 Å². The maximum atomic E-state index is 12.6. The van der Waals surface area contributed by atoms with Crippen LogP contribution in [0.15, 0.2) is 73.3 Å². The first kappa shape index (κ1) is 18.6. The highest BCUT2D eigenvalue weighted by molar-refractivity contribution is 6.22. The van der Waals surface area contributed by atoms with E-state index in [0.29, 0.717) is 12.1 Å². The number of hydrogen-bond donors (Lipinski definition) is 2. The van der Waals surface area contributed by atoms with Crippen LogP contribution in [0.2, 0.25) is 0 Å². The summed E-state index contributed by atoms with van der Waals surface area (Å²) < 4.78 is 1.83. The number of imidazole rings is 1. The number of Topliss-reactive ketones (excluding diaryl/α,β-unsaturated/α-hetero) is 1. The van der Waals surface area contributed by atoms with Gasteiger partial charge < -0.3 is 15.2 Å². The SMILES string of the molecule is O=C1CC(Cc2ccccc2)NC(=O)C1C(=O)Nc1ccc(-n2ccnc2)cc1. The fourth-order valence-electron chi connectivity index (χ4n) is 3.47. The van der Waals surface area contributed by atoms with Crippen molar-refractivity contribution in [2.75, 3.05) is 5.32 Å². The van der Waals surface area contributed by atoms with E-state index in [4.69, 9.17) is 0 Å². The van der Waals surface area contributed by atoms with Crippen LogP contribution in [-0.2, 0) is 20.8 Å². The largest absolute Gasteiger partial charge is 0.352 e. The highest BCUT2D eigenvalue weighted by Crippen LogP contribution is 2.19. The summed E-state index contributed by atoms with van der Waals surface area (Å²) in [6.45, 7) is 0. The summed E-state index contributed by atoms with van der Waals surface area (Å²) >= 11 is 0. The minimum atomic E-state index is -1.32. The first-order valence-electron chi connectivity index (χ1n) is 9.36. The number of carbonyl (C=O) groups is 3. The Kier molecular flexibility index (Phi) is 5.20. The predicted octanol–water partition coefficient (Wildman–Crippen LogP) is 2.13. The van der Waals surface area contributed by atoms with E-state index in [1.54, 1.807) is 24.7 Å². The van der Waals surface area contributed by atoms with E-state index in [0.717, 1.165) is 11.3 Å². The van der Waals surface area contributed by atoms with E-state index >= 15 is 0 Å². The van der Waals surface area contributed by atoms with E-state index in [2.05, 4.69) is 15.6 Å². The maximum absolute atomic E-state index is 12.6. The third-order valence-electron chi connectivity index (χ3n) is 4.90. The number of rotatable bonds is 5. The van der Waals surface area contributed by atoms with E-state index in [9.17, 15) is 14.4 Å². The van der Waals surface area contributed by atoms with Crippen molar-refractivity contribution in [3.8, 4) is 5.69 Å². The lowest BCUT2D eigenvalue weighted by Crippen LogP contribution is -2.53. The minimum Gasteiger partial charge on any atom is -0.352 e. The molecule has 2 N–H and O–H groups in total. The molecule has 1 aliphatic heterocycles. The molecule has 29 heavy (non-hydrogen) atoms. The first-order valence-corrected chi connectivity index (χ1v) is 9.36. The van der Waals surface area contributed by atoms with Crippen molar-refractivity contribution in [2.45, 2.75) is 18.9 Å². The van der Waals surface area contributed by atoms with E-state index in [-0.39, 0.29) is 18.2 Å². The highest BCUT2D eigenvalue weighted by Gasteiger charge is 2.40. The van der Waals surface area contributed by atoms with Gasteiger partial charge in [-0.2, -0.15) is 0 Å². The standard InChI is InChI=1S/C22H20N4O3/c27-19-13-17(12-15-4-2-1-3-5-15)25-22(29)20(19)21(28)24-16-6-8-18(9-7-16)26-11-10-23-14-26/h1-11,14,17,20H,12-13H2,(H,24,28)(H,25,29). The molecule has 7 heteroatoms. The van der Waals surface area contributed by atoms with Crippen LogP contribution in [-0.4, -0.2) is 33.2 Å². The van der Waals surface area contributed by atoms with Gasteiger partial charge in [-0.25, -0.2) is 4.98 Å². The van der Waals surface area contributed by atoms with Crippen LogP contribution < -0.4 is 10.6 Å². The van der Waals surface area contributed by atoms with Gasteiger partial charge in [0.15, 0.2) is 11.7 Å². The molecule has 1 saturated heterocycles. The second-order valence-electron chi connectivity index (χ2n) is 7.00. The molecule has 0 saturated carbocycles. The zero-order valence-electron chi connectivity index (χ0n) is 15.6. The molecule has 1 aromatic heterocycles. The Morgan fingerprint density at radius 1 is 1.10 bits per heavy atom. The van der Waals surface area contributed by atoms with E-state index in [1.807, 2.05) is 53.2 Å². The van der Waals surface area contributed by atoms with Crippen LogP contribution >= 0.6 is 0 Å². The Hall–Kier alpha value is -3.74. The lowest BCUT2D eigenvalue weighted by atomic mass is 9.89. The third kappa shape index (κ3) is 4.24. The van der Waals surface area contributed by atoms with Crippen LogP contribution in [0.4, 0.5) is 5.69 Å². The van der Waals surface area contributed by atoms with Gasteiger partial charge >= 0.3 is 0 Å². The molecule has 1 fully saturated rings. The van der Waals surface area contributed by atoms with Crippen LogP contribution in [0.25, 0.3) is 5.69 Å². The predicted molar refractivity (Wildman–Crippen MR) is 107 cm³/mol. The lowest BCUT2D eigenvalue weighted by molar-refractivity contribution is -0.143. The second-order valence-corrected chi connectivity index (χ2v) is 7.00. The van der Waals surface area contributed by atoms with Crippen LogP contribution in [0.1, 0.15) is 12.0 Å². The number of amides is 2. The Balaban J connectivity index is 1.39. The summed E-state index contributed by atoms with van der Waals surface area (Å²) in [6, 6.07) is 16.4. The molecule has 7 nitrogen and oxygen atoms in total. The number of nitrogens with one attached hydrogen (secondary N) is 2. The van der Waals surface area contributed by atoms with Gasteiger partial charge in [0.05, 0.1) is 6.33 Å². The molecule has 2 aromatic carbocycles. The molecule has 2 unspecified atom stereocenters. The fraction of sp³-hybridized carbons (Fsp3) is 0.182. The average molecular weight is 388 g/mol. The van der Waals surface area contributed by atoms with Crippen molar-refractivity contribution in [2.24, 2.45) is 5.92 Å². The van der Waals surface area contributed by atoms with Gasteiger partial charge in [0.2, 0.25) is 11.8 Å². The molecule has 4 rings (SSSR count). The van der Waals surface area contributed by atoms with Crippen LogP contribution in [0, 0.1) is 5.92 Å². The molecule has 2 atom stereocenters. The Morgan fingerprint density at radius 3 is 2.52 bits per heavy atom. The van der Waals surface area contributed by atoms with Gasteiger partial charge in [0, 0.05) is 36.2 Å². The van der Waals surface area contributed by atoms with E-state index in [1.165, 1.54) is 0 Å². The third-order valence-corrected chi connectivity index (χ3v) is 4.90. The molecule has 0 bridgehead atoms. The van der Waals surface area contributed by atoms with Crippen molar-refractivity contribution in [3.05, 3.63) is 78.9 Å². The molecular formula is C22H20N4O3. The summed E-state index contributed by atoms with van der Waals surface area (Å²) in [7, 11) is 0. The maximum Gasteiger partial charge on any atom is 0.244 e. The number of carbonyl (C=O) groups excluding carboxylic acids is 3. The van der Waals surface area contributed by atoms with Gasteiger partial charge in [-0.3, -0.25) is 14.4 Å². The summed E-state index contributed by atoms with van der Waals surface area (Å²) in [6.07, 6.45) is 5.85. The first-order chi connectivity index (χ1) is 14.1. The summed E-state index contributed by atoms with van der Waals surface area (Å²) in [5, 5.41) is 5.47. The van der Waals surface area contributed by atoms with Crippen molar-refractivity contribution < 1.29 is 14.4 Å². The van der Waals surface area contributed by atoms with E-state index < -0.39 is 17.7 Å². The normalized spacial score (nSPS) is 18.9. The molecule has 2 heterocycles. The molecule has 0 radical (unpaired) electrons. The smallest absolute Gasteiger partial charge is 0.244 e. The monoisotopic (exact) mass is 388 g/mol. The zero-order valence-corrected chi connectivity index (χ0v) is 15.6. The zero-order chi connectivity index (χ0) is 20.2. The van der Waals surface area contributed by atoms with Crippen LogP contribution in [0.3, 0.4) is 0 Å². The topological polar surface area (TPSA) is 93.1 Å². The Morgan fingerprint density at radius 2 is 1.86 bits per heavy atom. The number of hydrogen-bond acceptors (Lipinski definition) is 4. The molecule has 0 aliphatic carbocycles. The number of nitrogens with zero attached hydrogens (tertiary/aromatic N) is 2. The van der Waals surface area contributed by atoms with Gasteiger partial charge in [0.25, 0.3) is 0 Å². The molecular weight excluding hydrogens is 368 g/mol. The molecule has 2 amide bonds. The number of ketones is 1. The summed E-state index contributed by atoms with van der Waals surface area (Å²) in [4.78, 5) is 41.5. The van der Waals surface area contributed by atoms with Crippen molar-refractivity contribution in [1.82, 2.24) is 14.9 Å². The second kappa shape index (κ2) is 8.10. The number of anilines is 1. The molecule has 1 aliphatic rings. The molecule has 0 spiro atoms. The molecule has 146 valence electrons. The molecule has 3 aromatic rings. The van der Waals surface area contributed by atoms with Gasteiger partial charge in [-0.15, -0.1) is 0 Å². The number of benzene rings is 2. The lowest BCUT2D eigenvalue weighted by Gasteiger charge is -2.27. The number of aromatic nitrogens is 2. The van der Waals surface area contributed by atoms with Crippen molar-refractivity contribution in [1.29, 1.82) is 0 Å².